The Hall–Kier alpha value is -6.45. The minimum atomic E-state index is -0.252. The number of aryl methyl sites for hydroxylation is 2. The van der Waals surface area contributed by atoms with Crippen molar-refractivity contribution in [2.24, 2.45) is 0 Å². The molecule has 0 aliphatic carbocycles. The molecular formula is C48H37FN2. The molecule has 0 atom stereocenters. The maximum Gasteiger partial charge on any atom is 0.123 e. The average molecular weight is 661 g/mol. The van der Waals surface area contributed by atoms with Gasteiger partial charge < -0.3 is 9.47 Å². The van der Waals surface area contributed by atoms with Crippen molar-refractivity contribution in [2.75, 3.05) is 4.90 Å². The van der Waals surface area contributed by atoms with Crippen LogP contribution in [0, 0.1) is 19.7 Å². The minimum absolute atomic E-state index is 0.252. The van der Waals surface area contributed by atoms with Crippen molar-refractivity contribution >= 4 is 40.1 Å². The SMILES string of the molecule is Cc1ccccc1N(c1ccc(/C=C/c2ccc3c(c2)c(-c2ccccc2)c(-c2ccccc2)n3-c2ccc(F)cc2)cc1)c1ccccc1C. The van der Waals surface area contributed by atoms with Gasteiger partial charge in [0.2, 0.25) is 0 Å². The molecule has 1 aromatic heterocycles. The largest absolute Gasteiger partial charge is 0.310 e. The van der Waals surface area contributed by atoms with Crippen molar-refractivity contribution in [3.63, 3.8) is 0 Å². The van der Waals surface area contributed by atoms with E-state index in [1.807, 2.05) is 24.3 Å². The number of nitrogens with zero attached hydrogens (tertiary/aromatic N) is 2. The molecule has 0 aliphatic rings. The lowest BCUT2D eigenvalue weighted by Gasteiger charge is -2.28. The standard InChI is InChI=1S/C48H37FN2/c1-34-13-9-11-19-44(34)50(45-20-12-10-14-35(45)2)41-28-23-36(24-29-41)21-22-37-25-32-46-43(33-37)47(38-15-5-3-6-16-38)48(39-17-7-4-8-18-39)51(46)42-30-26-40(49)27-31-42/h3-33H,1-2H3/b22-21+. The van der Waals surface area contributed by atoms with Gasteiger partial charge in [0.1, 0.15) is 5.82 Å². The first-order valence-electron chi connectivity index (χ1n) is 17.3. The summed E-state index contributed by atoms with van der Waals surface area (Å²) in [5.41, 5.74) is 14.5. The molecular weight excluding hydrogens is 624 g/mol. The Bertz CT molecular complexity index is 2430. The maximum atomic E-state index is 14.1. The lowest BCUT2D eigenvalue weighted by Crippen LogP contribution is -2.12. The van der Waals surface area contributed by atoms with Crippen LogP contribution in [0.3, 0.4) is 0 Å². The molecule has 0 aliphatic heterocycles. The third-order valence-corrected chi connectivity index (χ3v) is 9.52. The zero-order valence-corrected chi connectivity index (χ0v) is 28.7. The molecule has 0 spiro atoms. The molecule has 0 fully saturated rings. The van der Waals surface area contributed by atoms with E-state index in [2.05, 4.69) is 175 Å². The zero-order chi connectivity index (χ0) is 34.7. The fourth-order valence-electron chi connectivity index (χ4n) is 7.00. The van der Waals surface area contributed by atoms with Gasteiger partial charge in [-0.3, -0.25) is 0 Å². The highest BCUT2D eigenvalue weighted by atomic mass is 19.1. The van der Waals surface area contributed by atoms with E-state index < -0.39 is 0 Å². The number of benzene rings is 7. The molecule has 0 saturated heterocycles. The van der Waals surface area contributed by atoms with E-state index in [0.717, 1.165) is 55.8 Å². The molecule has 51 heavy (non-hydrogen) atoms. The van der Waals surface area contributed by atoms with E-state index in [0.29, 0.717) is 0 Å². The molecule has 3 heteroatoms. The second-order valence-corrected chi connectivity index (χ2v) is 12.9. The van der Waals surface area contributed by atoms with Gasteiger partial charge in [0.05, 0.1) is 11.2 Å². The number of anilines is 3. The zero-order valence-electron chi connectivity index (χ0n) is 28.7. The van der Waals surface area contributed by atoms with Gasteiger partial charge in [-0.25, -0.2) is 4.39 Å². The predicted molar refractivity (Wildman–Crippen MR) is 214 cm³/mol. The second-order valence-electron chi connectivity index (χ2n) is 12.9. The average Bonchev–Trinajstić information content (AvgIpc) is 3.51. The highest BCUT2D eigenvalue weighted by Gasteiger charge is 2.21. The molecule has 2 nitrogen and oxygen atoms in total. The summed E-state index contributed by atoms with van der Waals surface area (Å²) >= 11 is 0. The molecule has 0 saturated carbocycles. The van der Waals surface area contributed by atoms with Gasteiger partial charge in [0, 0.05) is 33.7 Å². The van der Waals surface area contributed by atoms with E-state index in [1.54, 1.807) is 0 Å². The molecule has 0 unspecified atom stereocenters. The molecule has 0 N–H and O–H groups in total. The topological polar surface area (TPSA) is 8.17 Å². The van der Waals surface area contributed by atoms with Crippen LogP contribution in [0.15, 0.2) is 176 Å². The number of para-hydroxylation sites is 2. The normalized spacial score (nSPS) is 11.4. The number of aromatic nitrogens is 1. The molecule has 8 rings (SSSR count). The molecule has 246 valence electrons. The number of halogens is 1. The first-order chi connectivity index (χ1) is 25.0. The highest BCUT2D eigenvalue weighted by Crippen LogP contribution is 2.43. The summed E-state index contributed by atoms with van der Waals surface area (Å²) < 4.78 is 16.4. The summed E-state index contributed by atoms with van der Waals surface area (Å²) in [4.78, 5) is 2.34. The second kappa shape index (κ2) is 13.8. The van der Waals surface area contributed by atoms with E-state index in [4.69, 9.17) is 0 Å². The Morgan fingerprint density at radius 3 is 1.65 bits per heavy atom. The maximum absolute atomic E-state index is 14.1. The number of hydrogen-bond donors (Lipinski definition) is 0. The van der Waals surface area contributed by atoms with Crippen LogP contribution in [-0.2, 0) is 0 Å². The fourth-order valence-corrected chi connectivity index (χ4v) is 7.00. The fraction of sp³-hybridized carbons (Fsp3) is 0.0417. The predicted octanol–water partition coefficient (Wildman–Crippen LogP) is 13.4. The van der Waals surface area contributed by atoms with E-state index in [1.165, 1.54) is 34.6 Å². The van der Waals surface area contributed by atoms with Crippen LogP contribution in [0.5, 0.6) is 0 Å². The van der Waals surface area contributed by atoms with Crippen molar-refractivity contribution in [1.29, 1.82) is 0 Å². The summed E-state index contributed by atoms with van der Waals surface area (Å²) in [5.74, 6) is -0.252. The molecule has 7 aromatic carbocycles. The lowest BCUT2D eigenvalue weighted by molar-refractivity contribution is 0.627. The quantitative estimate of drug-likeness (QED) is 0.147. The Kier molecular flexibility index (Phi) is 8.61. The summed E-state index contributed by atoms with van der Waals surface area (Å²) in [6.45, 7) is 4.32. The first-order valence-corrected chi connectivity index (χ1v) is 17.3. The van der Waals surface area contributed by atoms with Crippen LogP contribution in [0.25, 0.3) is 51.1 Å². The Morgan fingerprint density at radius 1 is 0.510 bits per heavy atom. The van der Waals surface area contributed by atoms with Crippen LogP contribution < -0.4 is 4.90 Å². The van der Waals surface area contributed by atoms with Crippen LogP contribution in [0.2, 0.25) is 0 Å². The van der Waals surface area contributed by atoms with Crippen molar-refractivity contribution in [3.05, 3.63) is 204 Å². The van der Waals surface area contributed by atoms with Crippen LogP contribution in [-0.4, -0.2) is 4.57 Å². The van der Waals surface area contributed by atoms with Crippen molar-refractivity contribution < 1.29 is 4.39 Å². The van der Waals surface area contributed by atoms with Gasteiger partial charge in [-0.05, 0) is 108 Å². The minimum Gasteiger partial charge on any atom is -0.310 e. The van der Waals surface area contributed by atoms with Gasteiger partial charge in [0.15, 0.2) is 0 Å². The van der Waals surface area contributed by atoms with E-state index in [9.17, 15) is 4.39 Å². The molecule has 0 amide bonds. The third-order valence-electron chi connectivity index (χ3n) is 9.52. The number of rotatable bonds is 8. The lowest BCUT2D eigenvalue weighted by atomic mass is 9.97. The van der Waals surface area contributed by atoms with Gasteiger partial charge in [-0.2, -0.15) is 0 Å². The molecule has 0 bridgehead atoms. The van der Waals surface area contributed by atoms with Crippen LogP contribution in [0.4, 0.5) is 21.5 Å². The Morgan fingerprint density at radius 2 is 1.04 bits per heavy atom. The monoisotopic (exact) mass is 660 g/mol. The summed E-state index contributed by atoms with van der Waals surface area (Å²) in [7, 11) is 0. The third kappa shape index (κ3) is 6.26. The highest BCUT2D eigenvalue weighted by molar-refractivity contribution is 6.06. The summed E-state index contributed by atoms with van der Waals surface area (Å²) in [5, 5.41) is 1.13. The van der Waals surface area contributed by atoms with Crippen LogP contribution >= 0.6 is 0 Å². The molecule has 0 radical (unpaired) electrons. The van der Waals surface area contributed by atoms with Crippen molar-refractivity contribution in [2.45, 2.75) is 13.8 Å². The molecule has 8 aromatic rings. The van der Waals surface area contributed by atoms with Crippen LogP contribution in [0.1, 0.15) is 22.3 Å². The Labute approximate surface area is 299 Å². The molecule has 1 heterocycles. The summed E-state index contributed by atoms with van der Waals surface area (Å²) in [6.07, 6.45) is 4.36. The van der Waals surface area contributed by atoms with Crippen molar-refractivity contribution in [1.82, 2.24) is 4.57 Å². The first kappa shape index (κ1) is 31.8. The number of fused-ring (bicyclic) bond motifs is 1. The smallest absolute Gasteiger partial charge is 0.123 e. The van der Waals surface area contributed by atoms with Crippen molar-refractivity contribution in [3.8, 4) is 28.1 Å². The van der Waals surface area contributed by atoms with E-state index in [-0.39, 0.29) is 5.82 Å². The number of hydrogen-bond acceptors (Lipinski definition) is 1. The summed E-state index contributed by atoms with van der Waals surface area (Å²) in [6, 6.07) is 60.2. The van der Waals surface area contributed by atoms with E-state index >= 15 is 0 Å². The van der Waals surface area contributed by atoms with Gasteiger partial charge in [-0.15, -0.1) is 0 Å². The van der Waals surface area contributed by atoms with Gasteiger partial charge in [-0.1, -0.05) is 127 Å². The van der Waals surface area contributed by atoms with Gasteiger partial charge >= 0.3 is 0 Å². The Balaban J connectivity index is 1.21. The van der Waals surface area contributed by atoms with Gasteiger partial charge in [0.25, 0.3) is 0 Å².